The van der Waals surface area contributed by atoms with Gasteiger partial charge in [-0.15, -0.1) is 0 Å². The minimum absolute atomic E-state index is 0.0900. The largest absolute Gasteiger partial charge is 0.394 e. The van der Waals surface area contributed by atoms with Crippen LogP contribution in [0.3, 0.4) is 0 Å². The van der Waals surface area contributed by atoms with E-state index in [1.165, 1.54) is 16.4 Å². The van der Waals surface area contributed by atoms with Crippen molar-refractivity contribution in [3.8, 4) is 0 Å². The molecule has 0 radical (unpaired) electrons. The highest BCUT2D eigenvalue weighted by atomic mass is 16.3. The molecule has 25 heavy (non-hydrogen) atoms. The van der Waals surface area contributed by atoms with Crippen molar-refractivity contribution in [3.63, 3.8) is 0 Å². The zero-order chi connectivity index (χ0) is 18.1. The number of rotatable bonds is 4. The van der Waals surface area contributed by atoms with Gasteiger partial charge in [0, 0.05) is 33.5 Å². The second-order valence-corrected chi connectivity index (χ2v) is 6.80. The number of aromatic nitrogens is 1. The highest BCUT2D eigenvalue weighted by Crippen LogP contribution is 2.36. The molecular weight excluding hydrogens is 314 g/mol. The summed E-state index contributed by atoms with van der Waals surface area (Å²) >= 11 is 0. The quantitative estimate of drug-likeness (QED) is 0.667. The first-order valence-electron chi connectivity index (χ1n) is 8.64. The average Bonchev–Trinajstić information content (AvgIpc) is 2.92. The molecule has 3 aromatic rings. The zero-order valence-electron chi connectivity index (χ0n) is 15.1. The molecule has 0 aliphatic carbocycles. The number of urea groups is 1. The summed E-state index contributed by atoms with van der Waals surface area (Å²) in [7, 11) is 0. The lowest BCUT2D eigenvalue weighted by atomic mass is 10.1. The van der Waals surface area contributed by atoms with Crippen molar-refractivity contribution < 1.29 is 9.90 Å². The SMILES string of the molecule is Cc1c(NC(=O)N[C@@H](C)CO)ccc2c1c1ccccc1n2C(C)C. The molecule has 2 amide bonds. The Morgan fingerprint density at radius 3 is 2.52 bits per heavy atom. The van der Waals surface area contributed by atoms with Gasteiger partial charge < -0.3 is 20.3 Å². The summed E-state index contributed by atoms with van der Waals surface area (Å²) in [4.78, 5) is 12.1. The molecule has 2 aromatic carbocycles. The Morgan fingerprint density at radius 1 is 1.12 bits per heavy atom. The predicted molar refractivity (Wildman–Crippen MR) is 103 cm³/mol. The first kappa shape index (κ1) is 17.3. The number of carbonyl (C=O) groups is 1. The van der Waals surface area contributed by atoms with Crippen molar-refractivity contribution in [2.24, 2.45) is 0 Å². The number of para-hydroxylation sites is 1. The van der Waals surface area contributed by atoms with E-state index < -0.39 is 0 Å². The van der Waals surface area contributed by atoms with Gasteiger partial charge >= 0.3 is 6.03 Å². The van der Waals surface area contributed by atoms with E-state index in [2.05, 4.69) is 53.3 Å². The Labute approximate surface area is 147 Å². The first-order chi connectivity index (χ1) is 11.9. The summed E-state index contributed by atoms with van der Waals surface area (Å²) in [5, 5.41) is 17.0. The highest BCUT2D eigenvalue weighted by molar-refractivity contribution is 6.12. The standard InChI is InChI=1S/C20H25N3O2/c1-12(2)23-17-8-6-5-7-15(17)19-14(4)16(9-10-18(19)23)22-20(25)21-13(3)11-24/h5-10,12-13,24H,11H2,1-4H3,(H2,21,22,25)/t13-/m0/s1. The molecule has 1 atom stereocenters. The van der Waals surface area contributed by atoms with E-state index in [9.17, 15) is 4.79 Å². The summed E-state index contributed by atoms with van der Waals surface area (Å²) in [6.07, 6.45) is 0. The van der Waals surface area contributed by atoms with Crippen molar-refractivity contribution in [2.45, 2.75) is 39.8 Å². The number of hydrogen-bond donors (Lipinski definition) is 3. The van der Waals surface area contributed by atoms with Crippen LogP contribution in [0.5, 0.6) is 0 Å². The molecule has 5 heteroatoms. The number of benzene rings is 2. The van der Waals surface area contributed by atoms with E-state index in [4.69, 9.17) is 5.11 Å². The van der Waals surface area contributed by atoms with Gasteiger partial charge in [0.1, 0.15) is 0 Å². The van der Waals surface area contributed by atoms with Crippen LogP contribution in [0.2, 0.25) is 0 Å². The van der Waals surface area contributed by atoms with Gasteiger partial charge in [-0.05, 0) is 51.5 Å². The maximum Gasteiger partial charge on any atom is 0.319 e. The fourth-order valence-electron chi connectivity index (χ4n) is 3.38. The number of nitrogens with zero attached hydrogens (tertiary/aromatic N) is 1. The zero-order valence-corrected chi connectivity index (χ0v) is 15.1. The molecule has 0 saturated heterocycles. The molecule has 0 aliphatic rings. The molecule has 5 nitrogen and oxygen atoms in total. The number of nitrogens with one attached hydrogen (secondary N) is 2. The number of carbonyl (C=O) groups excluding carboxylic acids is 1. The van der Waals surface area contributed by atoms with Gasteiger partial charge in [0.2, 0.25) is 0 Å². The molecule has 0 unspecified atom stereocenters. The van der Waals surface area contributed by atoms with Crippen LogP contribution in [0.1, 0.15) is 32.4 Å². The molecule has 0 aliphatic heterocycles. The fourth-order valence-corrected chi connectivity index (χ4v) is 3.38. The van der Waals surface area contributed by atoms with E-state index in [1.54, 1.807) is 6.92 Å². The number of aliphatic hydroxyl groups is 1. The Morgan fingerprint density at radius 2 is 1.84 bits per heavy atom. The molecule has 0 saturated carbocycles. The van der Waals surface area contributed by atoms with Gasteiger partial charge in [0.05, 0.1) is 12.6 Å². The van der Waals surface area contributed by atoms with Crippen molar-refractivity contribution in [2.75, 3.05) is 11.9 Å². The molecule has 1 aromatic heterocycles. The van der Waals surface area contributed by atoms with Crippen LogP contribution in [0.15, 0.2) is 36.4 Å². The van der Waals surface area contributed by atoms with Gasteiger partial charge in [-0.2, -0.15) is 0 Å². The van der Waals surface area contributed by atoms with E-state index in [1.807, 2.05) is 19.1 Å². The van der Waals surface area contributed by atoms with Crippen LogP contribution in [0, 0.1) is 6.92 Å². The van der Waals surface area contributed by atoms with E-state index in [0.717, 1.165) is 16.6 Å². The van der Waals surface area contributed by atoms with Crippen molar-refractivity contribution in [1.82, 2.24) is 9.88 Å². The lowest BCUT2D eigenvalue weighted by Gasteiger charge is -2.15. The maximum absolute atomic E-state index is 12.1. The van der Waals surface area contributed by atoms with Gasteiger partial charge in [0.25, 0.3) is 0 Å². The third-order valence-electron chi connectivity index (χ3n) is 4.55. The summed E-state index contributed by atoms with van der Waals surface area (Å²) in [5.41, 5.74) is 4.19. The number of aryl methyl sites for hydroxylation is 1. The van der Waals surface area contributed by atoms with Crippen LogP contribution < -0.4 is 10.6 Å². The molecule has 1 heterocycles. The van der Waals surface area contributed by atoms with Crippen molar-refractivity contribution in [3.05, 3.63) is 42.0 Å². The van der Waals surface area contributed by atoms with Gasteiger partial charge in [0.15, 0.2) is 0 Å². The lowest BCUT2D eigenvalue weighted by Crippen LogP contribution is -2.38. The molecule has 0 fully saturated rings. The smallest absolute Gasteiger partial charge is 0.319 e. The summed E-state index contributed by atoms with van der Waals surface area (Å²) in [5.74, 6) is 0. The second-order valence-electron chi connectivity index (χ2n) is 6.80. The average molecular weight is 339 g/mol. The lowest BCUT2D eigenvalue weighted by molar-refractivity contribution is 0.229. The van der Waals surface area contributed by atoms with Crippen molar-refractivity contribution >= 4 is 33.5 Å². The van der Waals surface area contributed by atoms with E-state index >= 15 is 0 Å². The Bertz CT molecular complexity index is 927. The number of amides is 2. The van der Waals surface area contributed by atoms with Gasteiger partial charge in [-0.1, -0.05) is 18.2 Å². The van der Waals surface area contributed by atoms with E-state index in [0.29, 0.717) is 6.04 Å². The topological polar surface area (TPSA) is 66.3 Å². The summed E-state index contributed by atoms with van der Waals surface area (Å²) in [6, 6.07) is 12.1. The highest BCUT2D eigenvalue weighted by Gasteiger charge is 2.17. The van der Waals surface area contributed by atoms with Crippen LogP contribution in [-0.4, -0.2) is 28.4 Å². The fraction of sp³-hybridized carbons (Fsp3) is 0.350. The van der Waals surface area contributed by atoms with Crippen LogP contribution >= 0.6 is 0 Å². The molecule has 3 N–H and O–H groups in total. The minimum Gasteiger partial charge on any atom is -0.394 e. The van der Waals surface area contributed by atoms with E-state index in [-0.39, 0.29) is 18.7 Å². The molecule has 132 valence electrons. The molecule has 3 rings (SSSR count). The molecular formula is C20H25N3O2. The van der Waals surface area contributed by atoms with Crippen LogP contribution in [0.4, 0.5) is 10.5 Å². The molecule has 0 spiro atoms. The number of fused-ring (bicyclic) bond motifs is 3. The Balaban J connectivity index is 2.11. The normalized spacial score (nSPS) is 12.7. The summed E-state index contributed by atoms with van der Waals surface area (Å²) in [6.45, 7) is 8.05. The number of aliphatic hydroxyl groups excluding tert-OH is 1. The maximum atomic E-state index is 12.1. The Kier molecular flexibility index (Phi) is 4.68. The van der Waals surface area contributed by atoms with Crippen molar-refractivity contribution in [1.29, 1.82) is 0 Å². The first-order valence-corrected chi connectivity index (χ1v) is 8.64. The third-order valence-corrected chi connectivity index (χ3v) is 4.55. The second kappa shape index (κ2) is 6.76. The van der Waals surface area contributed by atoms with Crippen LogP contribution in [0.25, 0.3) is 21.8 Å². The summed E-state index contributed by atoms with van der Waals surface area (Å²) < 4.78 is 2.33. The minimum atomic E-state index is -0.309. The third kappa shape index (κ3) is 3.07. The number of anilines is 1. The van der Waals surface area contributed by atoms with Gasteiger partial charge in [-0.25, -0.2) is 4.79 Å². The molecule has 0 bridgehead atoms. The van der Waals surface area contributed by atoms with Gasteiger partial charge in [-0.3, -0.25) is 0 Å². The Hall–Kier alpha value is -2.53. The number of hydrogen-bond acceptors (Lipinski definition) is 2. The monoisotopic (exact) mass is 339 g/mol. The predicted octanol–water partition coefficient (Wildman–Crippen LogP) is 4.19. The van der Waals surface area contributed by atoms with Crippen LogP contribution in [-0.2, 0) is 0 Å².